The second kappa shape index (κ2) is 6.96. The molecule has 0 heteroatoms. The van der Waals surface area contributed by atoms with E-state index in [0.29, 0.717) is 0 Å². The van der Waals surface area contributed by atoms with Gasteiger partial charge in [0.25, 0.3) is 0 Å². The molecular weight excluding hydrogens is 312 g/mol. The van der Waals surface area contributed by atoms with Gasteiger partial charge in [0.05, 0.1) is 0 Å². The van der Waals surface area contributed by atoms with E-state index in [1.165, 1.54) is 33.4 Å². The van der Waals surface area contributed by atoms with Gasteiger partial charge < -0.3 is 0 Å². The van der Waals surface area contributed by atoms with Crippen LogP contribution in [0.2, 0.25) is 0 Å². The number of aryl methyl sites for hydroxylation is 2. The van der Waals surface area contributed by atoms with Crippen molar-refractivity contribution in [3.05, 3.63) is 118 Å². The van der Waals surface area contributed by atoms with Gasteiger partial charge in [-0.3, -0.25) is 0 Å². The molecular formula is C26H26. The normalized spacial score (nSPS) is 14.8. The van der Waals surface area contributed by atoms with Crippen LogP contribution in [0, 0.1) is 13.8 Å². The molecule has 0 atom stereocenters. The van der Waals surface area contributed by atoms with Gasteiger partial charge in [-0.1, -0.05) is 96.1 Å². The zero-order valence-corrected chi connectivity index (χ0v) is 15.7. The smallest absolute Gasteiger partial charge is 0.0215 e. The Labute approximate surface area is 157 Å². The van der Waals surface area contributed by atoms with Crippen molar-refractivity contribution in [2.24, 2.45) is 0 Å². The largest absolute Gasteiger partial charge is 0.0832 e. The summed E-state index contributed by atoms with van der Waals surface area (Å²) in [7, 11) is 0. The fourth-order valence-electron chi connectivity index (χ4n) is 4.20. The summed E-state index contributed by atoms with van der Waals surface area (Å²) in [5.41, 5.74) is 8.44. The Morgan fingerprint density at radius 3 is 1.81 bits per heavy atom. The Kier molecular flexibility index (Phi) is 4.51. The molecule has 0 amide bonds. The fourth-order valence-corrected chi connectivity index (χ4v) is 4.20. The van der Waals surface area contributed by atoms with E-state index < -0.39 is 0 Å². The predicted molar refractivity (Wildman–Crippen MR) is 111 cm³/mol. The third kappa shape index (κ3) is 3.37. The average Bonchev–Trinajstić information content (AvgIpc) is 2.66. The Balaban J connectivity index is 1.78. The first-order valence-corrected chi connectivity index (χ1v) is 9.52. The topological polar surface area (TPSA) is 0 Å². The standard InChI is InChI=1S/C26H26/c1-20-9-13-22(14-10-20)18-26(19-23-15-11-21(2)12-16-23)17-5-7-24-6-3-4-8-25(24)26/h3-6,8-17H,7,18-19H2,1-2H3. The van der Waals surface area contributed by atoms with Crippen molar-refractivity contribution in [1.82, 2.24) is 0 Å². The minimum atomic E-state index is 0.0271. The molecule has 1 aliphatic carbocycles. The molecule has 0 spiro atoms. The lowest BCUT2D eigenvalue weighted by molar-refractivity contribution is 0.515. The van der Waals surface area contributed by atoms with E-state index in [0.717, 1.165) is 19.3 Å². The zero-order valence-electron chi connectivity index (χ0n) is 15.7. The molecule has 0 bridgehead atoms. The quantitative estimate of drug-likeness (QED) is 0.501. The molecule has 0 aromatic heterocycles. The molecule has 3 aromatic rings. The van der Waals surface area contributed by atoms with Crippen LogP contribution < -0.4 is 0 Å². The summed E-state index contributed by atoms with van der Waals surface area (Å²) in [6.45, 7) is 4.31. The predicted octanol–water partition coefficient (Wildman–Crippen LogP) is 6.14. The van der Waals surface area contributed by atoms with Crippen molar-refractivity contribution in [1.29, 1.82) is 0 Å². The molecule has 26 heavy (non-hydrogen) atoms. The number of benzene rings is 3. The van der Waals surface area contributed by atoms with Crippen LogP contribution in [-0.2, 0) is 24.7 Å². The second-order valence-corrected chi connectivity index (χ2v) is 7.74. The molecule has 0 unspecified atom stereocenters. The van der Waals surface area contributed by atoms with E-state index in [4.69, 9.17) is 0 Å². The molecule has 0 N–H and O–H groups in total. The van der Waals surface area contributed by atoms with Gasteiger partial charge in [0.1, 0.15) is 0 Å². The molecule has 0 fully saturated rings. The van der Waals surface area contributed by atoms with Crippen LogP contribution >= 0.6 is 0 Å². The maximum Gasteiger partial charge on any atom is 0.0215 e. The molecule has 0 aliphatic heterocycles. The minimum absolute atomic E-state index is 0.0271. The lowest BCUT2D eigenvalue weighted by atomic mass is 9.67. The molecule has 4 rings (SSSR count). The maximum absolute atomic E-state index is 2.47. The number of allylic oxidation sites excluding steroid dienone is 2. The molecule has 0 nitrogen and oxygen atoms in total. The lowest BCUT2D eigenvalue weighted by Gasteiger charge is -2.36. The maximum atomic E-state index is 2.47. The summed E-state index contributed by atoms with van der Waals surface area (Å²) < 4.78 is 0. The van der Waals surface area contributed by atoms with Crippen LogP contribution in [0.4, 0.5) is 0 Å². The van der Waals surface area contributed by atoms with Crippen molar-refractivity contribution < 1.29 is 0 Å². The van der Waals surface area contributed by atoms with Gasteiger partial charge in [-0.25, -0.2) is 0 Å². The van der Waals surface area contributed by atoms with Crippen LogP contribution in [0.3, 0.4) is 0 Å². The highest BCUT2D eigenvalue weighted by atomic mass is 14.4. The summed E-state index contributed by atoms with van der Waals surface area (Å²) in [5.74, 6) is 0. The third-order valence-corrected chi connectivity index (χ3v) is 5.61. The molecule has 3 aromatic carbocycles. The number of hydrogen-bond acceptors (Lipinski definition) is 0. The summed E-state index contributed by atoms with van der Waals surface area (Å²) in [4.78, 5) is 0. The van der Waals surface area contributed by atoms with E-state index in [1.807, 2.05) is 0 Å². The third-order valence-electron chi connectivity index (χ3n) is 5.61. The first kappa shape index (κ1) is 16.8. The van der Waals surface area contributed by atoms with Crippen molar-refractivity contribution in [3.8, 4) is 0 Å². The van der Waals surface area contributed by atoms with E-state index >= 15 is 0 Å². The second-order valence-electron chi connectivity index (χ2n) is 7.74. The van der Waals surface area contributed by atoms with Crippen molar-refractivity contribution >= 4 is 0 Å². The van der Waals surface area contributed by atoms with Crippen molar-refractivity contribution in [2.75, 3.05) is 0 Å². The number of fused-ring (bicyclic) bond motifs is 1. The van der Waals surface area contributed by atoms with E-state index in [1.54, 1.807) is 0 Å². The van der Waals surface area contributed by atoms with Crippen LogP contribution in [0.25, 0.3) is 0 Å². The Morgan fingerprint density at radius 2 is 1.23 bits per heavy atom. The average molecular weight is 338 g/mol. The highest BCUT2D eigenvalue weighted by Crippen LogP contribution is 2.39. The van der Waals surface area contributed by atoms with Gasteiger partial charge in [0.2, 0.25) is 0 Å². The monoisotopic (exact) mass is 338 g/mol. The summed E-state index contributed by atoms with van der Waals surface area (Å²) in [6.07, 6.45) is 7.95. The number of rotatable bonds is 4. The van der Waals surface area contributed by atoms with Crippen LogP contribution in [0.5, 0.6) is 0 Å². The molecule has 0 heterocycles. The molecule has 1 aliphatic rings. The summed E-state index contributed by atoms with van der Waals surface area (Å²) >= 11 is 0. The molecule has 130 valence electrons. The highest BCUT2D eigenvalue weighted by molar-refractivity contribution is 5.46. The van der Waals surface area contributed by atoms with Gasteiger partial charge in [-0.05, 0) is 55.4 Å². The first-order valence-electron chi connectivity index (χ1n) is 9.52. The van der Waals surface area contributed by atoms with E-state index in [2.05, 4.69) is 98.8 Å². The van der Waals surface area contributed by atoms with E-state index in [-0.39, 0.29) is 5.41 Å². The molecule has 0 saturated carbocycles. The molecule has 0 radical (unpaired) electrons. The highest BCUT2D eigenvalue weighted by Gasteiger charge is 2.33. The summed E-state index contributed by atoms with van der Waals surface area (Å²) in [5, 5.41) is 0. The SMILES string of the molecule is Cc1ccc(CC2(Cc3ccc(C)cc3)C=CCc3ccccc32)cc1. The zero-order chi connectivity index (χ0) is 18.0. The minimum Gasteiger partial charge on any atom is -0.0832 e. The fraction of sp³-hybridized carbons (Fsp3) is 0.231. The Bertz CT molecular complexity index is 864. The van der Waals surface area contributed by atoms with Crippen LogP contribution in [0.1, 0.15) is 33.4 Å². The van der Waals surface area contributed by atoms with Gasteiger partial charge in [-0.2, -0.15) is 0 Å². The number of hydrogen-bond donors (Lipinski definition) is 0. The van der Waals surface area contributed by atoms with E-state index in [9.17, 15) is 0 Å². The first-order chi connectivity index (χ1) is 12.6. The van der Waals surface area contributed by atoms with Gasteiger partial charge in [0.15, 0.2) is 0 Å². The molecule has 0 saturated heterocycles. The lowest BCUT2D eigenvalue weighted by Crippen LogP contribution is -2.32. The van der Waals surface area contributed by atoms with Gasteiger partial charge >= 0.3 is 0 Å². The Hall–Kier alpha value is -2.60. The van der Waals surface area contributed by atoms with Crippen molar-refractivity contribution in [3.63, 3.8) is 0 Å². The van der Waals surface area contributed by atoms with Crippen LogP contribution in [-0.4, -0.2) is 0 Å². The van der Waals surface area contributed by atoms with Crippen molar-refractivity contribution in [2.45, 2.75) is 38.5 Å². The van der Waals surface area contributed by atoms with Gasteiger partial charge in [-0.15, -0.1) is 0 Å². The van der Waals surface area contributed by atoms with Crippen LogP contribution in [0.15, 0.2) is 84.9 Å². The summed E-state index contributed by atoms with van der Waals surface area (Å²) in [6, 6.07) is 27.1. The van der Waals surface area contributed by atoms with Gasteiger partial charge in [0, 0.05) is 5.41 Å². The Morgan fingerprint density at radius 1 is 0.692 bits per heavy atom.